The van der Waals surface area contributed by atoms with Crippen LogP contribution in [0.25, 0.3) is 0 Å². The highest BCUT2D eigenvalue weighted by Crippen LogP contribution is 2.19. The maximum absolute atomic E-state index is 10.2. The van der Waals surface area contributed by atoms with Gasteiger partial charge in [-0.3, -0.25) is 0 Å². The van der Waals surface area contributed by atoms with E-state index in [0.29, 0.717) is 0 Å². The number of aliphatic carboxylic acids is 1. The summed E-state index contributed by atoms with van der Waals surface area (Å²) in [5.41, 5.74) is 2.81. The molecule has 0 aromatic heterocycles. The molecule has 0 aliphatic heterocycles. The van der Waals surface area contributed by atoms with E-state index in [1.165, 1.54) is 0 Å². The third-order valence-electron chi connectivity index (χ3n) is 2.29. The van der Waals surface area contributed by atoms with Crippen LogP contribution in [-0.2, 0) is 9.53 Å². The molecule has 1 rings (SSSR count). The van der Waals surface area contributed by atoms with E-state index in [9.17, 15) is 9.90 Å². The fourth-order valence-corrected chi connectivity index (χ4v) is 1.47. The Balaban J connectivity index is 2.61. The fourth-order valence-electron chi connectivity index (χ4n) is 1.47. The number of benzene rings is 1. The van der Waals surface area contributed by atoms with Crippen LogP contribution in [0.1, 0.15) is 22.8 Å². The molecule has 88 valence electrons. The number of rotatable bonds is 5. The summed E-state index contributed by atoms with van der Waals surface area (Å²) in [5.74, 6) is -1.03. The minimum Gasteiger partial charge on any atom is -0.480 e. The molecule has 0 saturated carbocycles. The van der Waals surface area contributed by atoms with Crippen molar-refractivity contribution in [2.45, 2.75) is 20.0 Å². The molecular formula is C12H16O4. The zero-order valence-corrected chi connectivity index (χ0v) is 9.43. The molecule has 1 unspecified atom stereocenters. The lowest BCUT2D eigenvalue weighted by molar-refractivity contribution is -0.143. The van der Waals surface area contributed by atoms with Gasteiger partial charge in [0.25, 0.3) is 0 Å². The summed E-state index contributed by atoms with van der Waals surface area (Å²) < 4.78 is 4.86. The summed E-state index contributed by atoms with van der Waals surface area (Å²) in [4.78, 5) is 10.2. The number of aliphatic hydroxyl groups is 1. The molecule has 0 radical (unpaired) electrons. The molecule has 0 aliphatic carbocycles. The lowest BCUT2D eigenvalue weighted by atomic mass is 10.0. The van der Waals surface area contributed by atoms with E-state index >= 15 is 0 Å². The third kappa shape index (κ3) is 3.64. The molecule has 16 heavy (non-hydrogen) atoms. The number of hydrogen-bond acceptors (Lipinski definition) is 3. The monoisotopic (exact) mass is 224 g/mol. The second-order valence-corrected chi connectivity index (χ2v) is 3.78. The minimum atomic E-state index is -1.03. The quantitative estimate of drug-likeness (QED) is 0.794. The molecule has 0 spiro atoms. The van der Waals surface area contributed by atoms with Gasteiger partial charge in [-0.2, -0.15) is 0 Å². The summed E-state index contributed by atoms with van der Waals surface area (Å²) in [6.45, 7) is 3.45. The summed E-state index contributed by atoms with van der Waals surface area (Å²) in [5, 5.41) is 18.2. The van der Waals surface area contributed by atoms with E-state index in [2.05, 4.69) is 0 Å². The molecule has 0 bridgehead atoms. The van der Waals surface area contributed by atoms with Crippen molar-refractivity contribution in [1.82, 2.24) is 0 Å². The van der Waals surface area contributed by atoms with Gasteiger partial charge in [0.1, 0.15) is 12.7 Å². The molecule has 4 heteroatoms. The van der Waals surface area contributed by atoms with Crippen LogP contribution < -0.4 is 0 Å². The molecule has 4 nitrogen and oxygen atoms in total. The van der Waals surface area contributed by atoms with E-state index in [-0.39, 0.29) is 13.2 Å². The first kappa shape index (κ1) is 12.7. The van der Waals surface area contributed by atoms with Gasteiger partial charge in [0.15, 0.2) is 0 Å². The van der Waals surface area contributed by atoms with Crippen molar-refractivity contribution in [2.24, 2.45) is 0 Å². The number of hydrogen-bond donors (Lipinski definition) is 2. The Kier molecular flexibility index (Phi) is 4.46. The van der Waals surface area contributed by atoms with Crippen molar-refractivity contribution >= 4 is 5.97 Å². The predicted molar refractivity (Wildman–Crippen MR) is 59.3 cm³/mol. The fraction of sp³-hybridized carbons (Fsp3) is 0.417. The summed E-state index contributed by atoms with van der Waals surface area (Å²) >= 11 is 0. The first-order valence-electron chi connectivity index (χ1n) is 5.05. The van der Waals surface area contributed by atoms with E-state index in [1.807, 2.05) is 32.0 Å². The number of carboxylic acids is 1. The van der Waals surface area contributed by atoms with Gasteiger partial charge in [0, 0.05) is 0 Å². The van der Waals surface area contributed by atoms with Gasteiger partial charge in [0.2, 0.25) is 0 Å². The van der Waals surface area contributed by atoms with Crippen molar-refractivity contribution in [3.05, 3.63) is 34.9 Å². The normalized spacial score (nSPS) is 12.4. The molecule has 0 heterocycles. The van der Waals surface area contributed by atoms with Gasteiger partial charge in [-0.05, 0) is 25.0 Å². The lowest BCUT2D eigenvalue weighted by Gasteiger charge is -2.14. The molecule has 1 aromatic carbocycles. The van der Waals surface area contributed by atoms with Crippen LogP contribution in [0.15, 0.2) is 18.2 Å². The standard InChI is InChI=1S/C12H16O4/c1-8-3-4-9(2)10(5-8)11(13)6-16-7-12(14)15/h3-5,11,13H,6-7H2,1-2H3,(H,14,15). The SMILES string of the molecule is Cc1ccc(C)c(C(O)COCC(=O)O)c1. The van der Waals surface area contributed by atoms with Crippen molar-refractivity contribution in [2.75, 3.05) is 13.2 Å². The minimum absolute atomic E-state index is 0.00338. The third-order valence-corrected chi connectivity index (χ3v) is 2.29. The Morgan fingerprint density at radius 3 is 2.75 bits per heavy atom. The molecule has 2 N–H and O–H groups in total. The van der Waals surface area contributed by atoms with Gasteiger partial charge < -0.3 is 14.9 Å². The Hall–Kier alpha value is -1.39. The number of aliphatic hydroxyl groups excluding tert-OH is 1. The van der Waals surface area contributed by atoms with Gasteiger partial charge in [-0.1, -0.05) is 23.8 Å². The van der Waals surface area contributed by atoms with E-state index in [4.69, 9.17) is 9.84 Å². The molecule has 0 saturated heterocycles. The maximum atomic E-state index is 10.2. The molecule has 0 amide bonds. The zero-order valence-electron chi connectivity index (χ0n) is 9.43. The van der Waals surface area contributed by atoms with Crippen LogP contribution in [0.5, 0.6) is 0 Å². The Morgan fingerprint density at radius 2 is 2.12 bits per heavy atom. The zero-order chi connectivity index (χ0) is 12.1. The molecule has 0 fully saturated rings. The van der Waals surface area contributed by atoms with Crippen molar-refractivity contribution < 1.29 is 19.7 Å². The van der Waals surface area contributed by atoms with Gasteiger partial charge in [-0.25, -0.2) is 4.79 Å². The van der Waals surface area contributed by atoms with E-state index < -0.39 is 12.1 Å². The van der Waals surface area contributed by atoms with Crippen LogP contribution in [0.3, 0.4) is 0 Å². The Morgan fingerprint density at radius 1 is 1.44 bits per heavy atom. The Bertz CT molecular complexity index is 373. The van der Waals surface area contributed by atoms with Crippen molar-refractivity contribution in [3.63, 3.8) is 0 Å². The highest BCUT2D eigenvalue weighted by molar-refractivity contribution is 5.67. The topological polar surface area (TPSA) is 66.8 Å². The number of carbonyl (C=O) groups is 1. The van der Waals surface area contributed by atoms with Crippen LogP contribution in [0.4, 0.5) is 0 Å². The second kappa shape index (κ2) is 5.63. The van der Waals surface area contributed by atoms with Gasteiger partial charge in [-0.15, -0.1) is 0 Å². The number of carboxylic acid groups (broad SMARTS) is 1. The first-order chi connectivity index (χ1) is 7.50. The van der Waals surface area contributed by atoms with E-state index in [1.54, 1.807) is 0 Å². The first-order valence-corrected chi connectivity index (χ1v) is 5.05. The van der Waals surface area contributed by atoms with Crippen LogP contribution in [0, 0.1) is 13.8 Å². The Labute approximate surface area is 94.5 Å². The lowest BCUT2D eigenvalue weighted by Crippen LogP contribution is -2.13. The summed E-state index contributed by atoms with van der Waals surface area (Å²) in [6.07, 6.45) is -0.778. The highest BCUT2D eigenvalue weighted by Gasteiger charge is 2.11. The van der Waals surface area contributed by atoms with Crippen LogP contribution >= 0.6 is 0 Å². The molecule has 0 aliphatic rings. The number of aryl methyl sites for hydroxylation is 2. The summed E-state index contributed by atoms with van der Waals surface area (Å²) in [6, 6.07) is 5.76. The smallest absolute Gasteiger partial charge is 0.329 e. The van der Waals surface area contributed by atoms with Crippen molar-refractivity contribution in [1.29, 1.82) is 0 Å². The second-order valence-electron chi connectivity index (χ2n) is 3.78. The average Bonchev–Trinajstić information content (AvgIpc) is 2.21. The van der Waals surface area contributed by atoms with E-state index in [0.717, 1.165) is 16.7 Å². The van der Waals surface area contributed by atoms with Crippen LogP contribution in [-0.4, -0.2) is 29.4 Å². The molecular weight excluding hydrogens is 208 g/mol. The summed E-state index contributed by atoms with van der Waals surface area (Å²) in [7, 11) is 0. The average molecular weight is 224 g/mol. The largest absolute Gasteiger partial charge is 0.480 e. The number of ether oxygens (including phenoxy) is 1. The van der Waals surface area contributed by atoms with Crippen molar-refractivity contribution in [3.8, 4) is 0 Å². The maximum Gasteiger partial charge on any atom is 0.329 e. The molecule has 1 aromatic rings. The van der Waals surface area contributed by atoms with Crippen LogP contribution in [0.2, 0.25) is 0 Å². The highest BCUT2D eigenvalue weighted by atomic mass is 16.5. The van der Waals surface area contributed by atoms with Gasteiger partial charge >= 0.3 is 5.97 Å². The predicted octanol–water partition coefficient (Wildman–Crippen LogP) is 1.44. The van der Waals surface area contributed by atoms with Gasteiger partial charge in [0.05, 0.1) is 6.61 Å². The molecule has 1 atom stereocenters.